The van der Waals surface area contributed by atoms with E-state index in [1.807, 2.05) is 4.90 Å². The Bertz CT molecular complexity index is 614. The Balaban J connectivity index is 2.19. The Kier molecular flexibility index (Phi) is 3.72. The van der Waals surface area contributed by atoms with Gasteiger partial charge in [-0.2, -0.15) is 0 Å². The first-order valence-corrected chi connectivity index (χ1v) is 7.58. The smallest absolute Gasteiger partial charge is 0.325 e. The third-order valence-electron chi connectivity index (χ3n) is 3.51. The summed E-state index contributed by atoms with van der Waals surface area (Å²) in [6, 6.07) is 6.27. The molecular formula is C12H17N3O4S. The lowest BCUT2D eigenvalue weighted by molar-refractivity contribution is -0.142. The van der Waals surface area contributed by atoms with Gasteiger partial charge in [-0.05, 0) is 37.7 Å². The Labute approximate surface area is 117 Å². The van der Waals surface area contributed by atoms with Crippen molar-refractivity contribution in [2.24, 2.45) is 5.73 Å². The zero-order chi connectivity index (χ0) is 15.0. The minimum Gasteiger partial charge on any atom is -0.480 e. The molecule has 110 valence electrons. The van der Waals surface area contributed by atoms with Crippen molar-refractivity contribution < 1.29 is 18.3 Å². The lowest BCUT2D eigenvalue weighted by atomic mass is 10.0. The highest BCUT2D eigenvalue weighted by Crippen LogP contribution is 2.26. The van der Waals surface area contributed by atoms with Gasteiger partial charge in [-0.1, -0.05) is 0 Å². The minimum absolute atomic E-state index is 0.167. The summed E-state index contributed by atoms with van der Waals surface area (Å²) in [4.78, 5) is 13.1. The third kappa shape index (κ3) is 2.62. The number of hydrogen-bond acceptors (Lipinski definition) is 5. The van der Waals surface area contributed by atoms with E-state index in [0.29, 0.717) is 13.0 Å². The summed E-state index contributed by atoms with van der Waals surface area (Å²) in [5.41, 5.74) is 5.32. The van der Waals surface area contributed by atoms with E-state index in [9.17, 15) is 13.2 Å². The number of nitrogens with one attached hydrogen (secondary N) is 1. The molecule has 2 rings (SSSR count). The Hall–Kier alpha value is -1.64. The molecule has 0 saturated carbocycles. The second kappa shape index (κ2) is 5.04. The number of rotatable bonds is 4. The highest BCUT2D eigenvalue weighted by Gasteiger charge is 2.41. The molecule has 0 aromatic heterocycles. The number of nitrogens with zero attached hydrogens (tertiary/aromatic N) is 1. The molecule has 4 N–H and O–H groups in total. The van der Waals surface area contributed by atoms with Crippen LogP contribution in [0.15, 0.2) is 29.2 Å². The Morgan fingerprint density at radius 1 is 1.40 bits per heavy atom. The quantitative estimate of drug-likeness (QED) is 0.696. The van der Waals surface area contributed by atoms with Gasteiger partial charge in [-0.25, -0.2) is 13.1 Å². The van der Waals surface area contributed by atoms with Gasteiger partial charge in [-0.3, -0.25) is 4.79 Å². The van der Waals surface area contributed by atoms with Gasteiger partial charge in [0.15, 0.2) is 0 Å². The second-order valence-electron chi connectivity index (χ2n) is 4.83. The number of anilines is 1. The summed E-state index contributed by atoms with van der Waals surface area (Å²) >= 11 is 0. The first-order valence-electron chi connectivity index (χ1n) is 6.09. The fraction of sp³-hybridized carbons (Fsp3) is 0.417. The molecule has 1 aromatic rings. The summed E-state index contributed by atoms with van der Waals surface area (Å²) < 4.78 is 25.4. The summed E-state index contributed by atoms with van der Waals surface area (Å²) in [5.74, 6) is -1.02. The molecule has 0 amide bonds. The topological polar surface area (TPSA) is 113 Å². The molecule has 1 saturated heterocycles. The van der Waals surface area contributed by atoms with Crippen molar-refractivity contribution in [2.45, 2.75) is 16.9 Å². The molecule has 1 aliphatic heterocycles. The SMILES string of the molecule is CNS(=O)(=O)c1ccc(N2CCC(N)(C(=O)O)C2)cc1. The van der Waals surface area contributed by atoms with Crippen molar-refractivity contribution in [1.82, 2.24) is 4.72 Å². The molecule has 20 heavy (non-hydrogen) atoms. The van der Waals surface area contributed by atoms with Gasteiger partial charge in [0.25, 0.3) is 0 Å². The van der Waals surface area contributed by atoms with Crippen molar-refractivity contribution in [1.29, 1.82) is 0 Å². The number of carboxylic acids is 1. The highest BCUT2D eigenvalue weighted by atomic mass is 32.2. The van der Waals surface area contributed by atoms with Crippen molar-refractivity contribution in [3.8, 4) is 0 Å². The standard InChI is InChI=1S/C12H17N3O4S/c1-14-20(18,19)10-4-2-9(3-5-10)15-7-6-12(13,8-15)11(16)17/h2-5,14H,6-8,13H2,1H3,(H,16,17). The van der Waals surface area contributed by atoms with Gasteiger partial charge in [-0.15, -0.1) is 0 Å². The number of sulfonamides is 1. The molecule has 0 aliphatic carbocycles. The van der Waals surface area contributed by atoms with E-state index >= 15 is 0 Å². The van der Waals surface area contributed by atoms with Crippen LogP contribution in [0, 0.1) is 0 Å². The summed E-state index contributed by atoms with van der Waals surface area (Å²) in [7, 11) is -2.12. The van der Waals surface area contributed by atoms with Crippen LogP contribution < -0.4 is 15.4 Å². The molecule has 1 atom stereocenters. The van der Waals surface area contributed by atoms with Crippen LogP contribution in [0.5, 0.6) is 0 Å². The molecule has 1 aromatic carbocycles. The first-order chi connectivity index (χ1) is 9.28. The first kappa shape index (κ1) is 14.8. The molecule has 1 unspecified atom stereocenters. The molecule has 0 bridgehead atoms. The minimum atomic E-state index is -3.46. The van der Waals surface area contributed by atoms with Gasteiger partial charge in [0.1, 0.15) is 5.54 Å². The van der Waals surface area contributed by atoms with E-state index in [-0.39, 0.29) is 11.4 Å². The molecular weight excluding hydrogens is 282 g/mol. The van der Waals surface area contributed by atoms with Gasteiger partial charge < -0.3 is 15.7 Å². The lowest BCUT2D eigenvalue weighted by Gasteiger charge is -2.21. The Morgan fingerprint density at radius 3 is 2.45 bits per heavy atom. The fourth-order valence-corrected chi connectivity index (χ4v) is 2.91. The van der Waals surface area contributed by atoms with E-state index in [4.69, 9.17) is 10.8 Å². The number of carboxylic acid groups (broad SMARTS) is 1. The monoisotopic (exact) mass is 299 g/mol. The molecule has 1 aliphatic rings. The van der Waals surface area contributed by atoms with E-state index in [1.165, 1.54) is 19.2 Å². The van der Waals surface area contributed by atoms with Crippen LogP contribution in [-0.2, 0) is 14.8 Å². The number of nitrogens with two attached hydrogens (primary N) is 1. The normalized spacial score (nSPS) is 23.0. The number of benzene rings is 1. The summed E-state index contributed by atoms with van der Waals surface area (Å²) in [6.07, 6.45) is 0.360. The van der Waals surface area contributed by atoms with Crippen LogP contribution in [0.2, 0.25) is 0 Å². The van der Waals surface area contributed by atoms with Crippen molar-refractivity contribution >= 4 is 21.7 Å². The van der Waals surface area contributed by atoms with Crippen molar-refractivity contribution in [3.63, 3.8) is 0 Å². The van der Waals surface area contributed by atoms with Gasteiger partial charge >= 0.3 is 5.97 Å². The van der Waals surface area contributed by atoms with Crippen LogP contribution in [0.1, 0.15) is 6.42 Å². The van der Waals surface area contributed by atoms with Crippen LogP contribution >= 0.6 is 0 Å². The van der Waals surface area contributed by atoms with Crippen molar-refractivity contribution in [3.05, 3.63) is 24.3 Å². The van der Waals surface area contributed by atoms with Crippen molar-refractivity contribution in [2.75, 3.05) is 25.0 Å². The summed E-state index contributed by atoms with van der Waals surface area (Å²) in [6.45, 7) is 0.737. The van der Waals surface area contributed by atoms with E-state index < -0.39 is 21.5 Å². The molecule has 0 spiro atoms. The zero-order valence-electron chi connectivity index (χ0n) is 11.0. The maximum Gasteiger partial charge on any atom is 0.325 e. The third-order valence-corrected chi connectivity index (χ3v) is 4.94. The number of aliphatic carboxylic acids is 1. The molecule has 8 heteroatoms. The highest BCUT2D eigenvalue weighted by molar-refractivity contribution is 7.89. The maximum atomic E-state index is 11.6. The molecule has 7 nitrogen and oxygen atoms in total. The largest absolute Gasteiger partial charge is 0.480 e. The molecule has 1 fully saturated rings. The van der Waals surface area contributed by atoms with Crippen LogP contribution in [0.4, 0.5) is 5.69 Å². The number of hydrogen-bond donors (Lipinski definition) is 3. The van der Waals surface area contributed by atoms with E-state index in [2.05, 4.69) is 4.72 Å². The second-order valence-corrected chi connectivity index (χ2v) is 6.72. The van der Waals surface area contributed by atoms with Crippen LogP contribution in [0.25, 0.3) is 0 Å². The fourth-order valence-electron chi connectivity index (χ4n) is 2.18. The van der Waals surface area contributed by atoms with Gasteiger partial charge in [0, 0.05) is 18.8 Å². The maximum absolute atomic E-state index is 11.6. The predicted octanol–water partition coefficient (Wildman–Crippen LogP) is -0.413. The van der Waals surface area contributed by atoms with Crippen LogP contribution in [0.3, 0.4) is 0 Å². The van der Waals surface area contributed by atoms with Crippen LogP contribution in [-0.4, -0.2) is 45.2 Å². The average molecular weight is 299 g/mol. The molecule has 0 radical (unpaired) electrons. The lowest BCUT2D eigenvalue weighted by Crippen LogP contribution is -2.50. The predicted molar refractivity (Wildman–Crippen MR) is 74.1 cm³/mol. The average Bonchev–Trinajstić information content (AvgIpc) is 2.83. The Morgan fingerprint density at radius 2 is 2.00 bits per heavy atom. The number of carbonyl (C=O) groups is 1. The summed E-state index contributed by atoms with van der Waals surface area (Å²) in [5, 5.41) is 9.08. The van der Waals surface area contributed by atoms with E-state index in [0.717, 1.165) is 5.69 Å². The van der Waals surface area contributed by atoms with E-state index in [1.54, 1.807) is 12.1 Å². The molecule has 1 heterocycles. The zero-order valence-corrected chi connectivity index (χ0v) is 11.9. The van der Waals surface area contributed by atoms with Gasteiger partial charge in [0.05, 0.1) is 4.90 Å². The van der Waals surface area contributed by atoms with Gasteiger partial charge in [0.2, 0.25) is 10.0 Å².